The zero-order chi connectivity index (χ0) is 20.9. The molecule has 0 saturated carbocycles. The molecular weight excluding hydrogens is 382 g/mol. The molecule has 8 heteroatoms. The number of amides is 2. The molecule has 0 aliphatic carbocycles. The summed E-state index contributed by atoms with van der Waals surface area (Å²) in [5, 5.41) is 17.4. The molecule has 0 bridgehead atoms. The van der Waals surface area contributed by atoms with Gasteiger partial charge in [0.25, 0.3) is 5.91 Å². The zero-order valence-electron chi connectivity index (χ0n) is 16.7. The van der Waals surface area contributed by atoms with Crippen LogP contribution in [0, 0.1) is 0 Å². The number of piperazine rings is 1. The van der Waals surface area contributed by atoms with Gasteiger partial charge in [0.05, 0.1) is 36.1 Å². The Morgan fingerprint density at radius 1 is 0.867 bits per heavy atom. The first-order valence-corrected chi connectivity index (χ1v) is 10.2. The van der Waals surface area contributed by atoms with Crippen molar-refractivity contribution < 1.29 is 14.7 Å². The Bertz CT molecular complexity index is 908. The largest absolute Gasteiger partial charge is 0.395 e. The topological polar surface area (TPSA) is 88.8 Å². The van der Waals surface area contributed by atoms with Crippen molar-refractivity contribution in [1.29, 1.82) is 0 Å². The predicted octanol–water partition coefficient (Wildman–Crippen LogP) is 2.34. The van der Waals surface area contributed by atoms with Gasteiger partial charge in [0, 0.05) is 32.7 Å². The number of hydrogen-bond acceptors (Lipinski definition) is 7. The van der Waals surface area contributed by atoms with E-state index in [1.54, 1.807) is 24.3 Å². The molecule has 2 fully saturated rings. The first-order valence-electron chi connectivity index (χ1n) is 10.2. The van der Waals surface area contributed by atoms with E-state index in [4.69, 9.17) is 5.11 Å². The maximum absolute atomic E-state index is 13.0. The van der Waals surface area contributed by atoms with Gasteiger partial charge in [-0.3, -0.25) is 19.4 Å². The lowest BCUT2D eigenvalue weighted by molar-refractivity contribution is -0.123. The van der Waals surface area contributed by atoms with E-state index < -0.39 is 6.04 Å². The summed E-state index contributed by atoms with van der Waals surface area (Å²) in [6.45, 7) is 3.80. The van der Waals surface area contributed by atoms with Crippen LogP contribution in [0.2, 0.25) is 0 Å². The molecule has 1 N–H and O–H groups in total. The monoisotopic (exact) mass is 407 g/mol. The van der Waals surface area contributed by atoms with Crippen molar-refractivity contribution in [3.05, 3.63) is 54.6 Å². The highest BCUT2D eigenvalue weighted by atomic mass is 16.3. The van der Waals surface area contributed by atoms with Crippen molar-refractivity contribution in [3.63, 3.8) is 0 Å². The summed E-state index contributed by atoms with van der Waals surface area (Å²) in [5.41, 5.74) is 1.97. The first kappa shape index (κ1) is 20.3. The van der Waals surface area contributed by atoms with Gasteiger partial charge in [-0.05, 0) is 36.4 Å². The normalized spacial score (nSPS) is 21.1. The minimum atomic E-state index is -0.411. The standard InChI is InChI=1S/C22H25N5O3/c28-15-14-25-10-12-26(13-11-25)20-16-21(29)27(22(20)30)19-8-6-18(7-9-19)24-23-17-4-2-1-3-5-17/h1-9,20,28H,10-16H2/t20-/m1/s1. The van der Waals surface area contributed by atoms with Crippen molar-refractivity contribution in [2.75, 3.05) is 44.2 Å². The lowest BCUT2D eigenvalue weighted by Gasteiger charge is -2.36. The highest BCUT2D eigenvalue weighted by Crippen LogP contribution is 2.28. The maximum Gasteiger partial charge on any atom is 0.251 e. The number of aliphatic hydroxyl groups is 1. The Morgan fingerprint density at radius 3 is 2.13 bits per heavy atom. The Hall–Kier alpha value is -2.94. The van der Waals surface area contributed by atoms with Gasteiger partial charge >= 0.3 is 0 Å². The number of hydrogen-bond donors (Lipinski definition) is 1. The van der Waals surface area contributed by atoms with E-state index in [-0.39, 0.29) is 24.8 Å². The van der Waals surface area contributed by atoms with Crippen LogP contribution in [0.15, 0.2) is 64.8 Å². The molecule has 2 aliphatic heterocycles. The van der Waals surface area contributed by atoms with E-state index in [1.807, 2.05) is 30.3 Å². The number of carbonyl (C=O) groups excluding carboxylic acids is 2. The Morgan fingerprint density at radius 2 is 1.50 bits per heavy atom. The molecule has 0 aromatic heterocycles. The molecule has 0 radical (unpaired) electrons. The summed E-state index contributed by atoms with van der Waals surface area (Å²) in [6.07, 6.45) is 0.203. The smallest absolute Gasteiger partial charge is 0.251 e. The molecule has 2 aromatic rings. The number of anilines is 1. The number of rotatable bonds is 6. The average molecular weight is 407 g/mol. The average Bonchev–Trinajstić information content (AvgIpc) is 3.08. The molecule has 0 spiro atoms. The lowest BCUT2D eigenvalue weighted by atomic mass is 10.1. The van der Waals surface area contributed by atoms with Gasteiger partial charge < -0.3 is 5.11 Å². The fourth-order valence-corrected chi connectivity index (χ4v) is 3.89. The highest BCUT2D eigenvalue weighted by Gasteiger charge is 2.43. The zero-order valence-corrected chi connectivity index (χ0v) is 16.7. The predicted molar refractivity (Wildman–Crippen MR) is 113 cm³/mol. The van der Waals surface area contributed by atoms with E-state index >= 15 is 0 Å². The van der Waals surface area contributed by atoms with Gasteiger partial charge in [-0.2, -0.15) is 10.2 Å². The number of carbonyl (C=O) groups is 2. The van der Waals surface area contributed by atoms with Crippen molar-refractivity contribution >= 4 is 28.9 Å². The molecule has 8 nitrogen and oxygen atoms in total. The Labute approximate surface area is 175 Å². The molecule has 2 saturated heterocycles. The van der Waals surface area contributed by atoms with Crippen LogP contribution < -0.4 is 4.90 Å². The molecule has 2 heterocycles. The maximum atomic E-state index is 13.0. The molecule has 2 amide bonds. The summed E-state index contributed by atoms with van der Waals surface area (Å²) in [4.78, 5) is 31.1. The molecule has 2 aromatic carbocycles. The van der Waals surface area contributed by atoms with Crippen molar-refractivity contribution in [1.82, 2.24) is 9.80 Å². The van der Waals surface area contributed by atoms with Crippen LogP contribution in [0.25, 0.3) is 0 Å². The summed E-state index contributed by atoms with van der Waals surface area (Å²) >= 11 is 0. The Kier molecular flexibility index (Phi) is 6.27. The highest BCUT2D eigenvalue weighted by molar-refractivity contribution is 6.22. The first-order chi connectivity index (χ1) is 14.7. The number of nitrogens with zero attached hydrogens (tertiary/aromatic N) is 5. The summed E-state index contributed by atoms with van der Waals surface area (Å²) in [6, 6.07) is 16.0. The SMILES string of the molecule is O=C1C[C@@H](N2CCN(CCO)CC2)C(=O)N1c1ccc(N=Nc2ccccc2)cc1. The minimum Gasteiger partial charge on any atom is -0.395 e. The van der Waals surface area contributed by atoms with Crippen LogP contribution in [0.4, 0.5) is 17.1 Å². The minimum absolute atomic E-state index is 0.134. The van der Waals surface area contributed by atoms with Gasteiger partial charge in [-0.25, -0.2) is 4.90 Å². The van der Waals surface area contributed by atoms with Crippen molar-refractivity contribution in [3.8, 4) is 0 Å². The van der Waals surface area contributed by atoms with Gasteiger partial charge in [0.2, 0.25) is 5.91 Å². The van der Waals surface area contributed by atoms with Crippen LogP contribution in [-0.4, -0.2) is 72.1 Å². The molecule has 4 rings (SSSR count). The second kappa shape index (κ2) is 9.25. The molecule has 30 heavy (non-hydrogen) atoms. The number of aliphatic hydroxyl groups excluding tert-OH is 1. The van der Waals surface area contributed by atoms with E-state index in [1.165, 1.54) is 4.90 Å². The van der Waals surface area contributed by atoms with Gasteiger partial charge in [-0.1, -0.05) is 18.2 Å². The fourth-order valence-electron chi connectivity index (χ4n) is 3.89. The lowest BCUT2D eigenvalue weighted by Crippen LogP contribution is -2.52. The van der Waals surface area contributed by atoms with Crippen LogP contribution in [0.3, 0.4) is 0 Å². The van der Waals surface area contributed by atoms with Crippen molar-refractivity contribution in [2.24, 2.45) is 10.2 Å². The van der Waals surface area contributed by atoms with Gasteiger partial charge in [-0.15, -0.1) is 0 Å². The number of imide groups is 1. The molecule has 156 valence electrons. The summed E-state index contributed by atoms with van der Waals surface area (Å²) in [5.74, 6) is -0.351. The molecule has 1 atom stereocenters. The van der Waals surface area contributed by atoms with Crippen LogP contribution in [0.5, 0.6) is 0 Å². The summed E-state index contributed by atoms with van der Waals surface area (Å²) in [7, 11) is 0. The Balaban J connectivity index is 1.41. The van der Waals surface area contributed by atoms with E-state index in [0.717, 1.165) is 31.9 Å². The molecule has 2 aliphatic rings. The van der Waals surface area contributed by atoms with Gasteiger partial charge in [0.15, 0.2) is 0 Å². The van der Waals surface area contributed by atoms with Crippen molar-refractivity contribution in [2.45, 2.75) is 12.5 Å². The number of β-amino-alcohol motifs (C(OH)–C–C–N with tert-alkyl or cyclic N) is 1. The van der Waals surface area contributed by atoms with Crippen LogP contribution in [-0.2, 0) is 9.59 Å². The van der Waals surface area contributed by atoms with E-state index in [2.05, 4.69) is 20.0 Å². The number of benzene rings is 2. The molecular formula is C22H25N5O3. The third-order valence-corrected chi connectivity index (χ3v) is 5.53. The second-order valence-corrected chi connectivity index (χ2v) is 7.44. The molecule has 0 unspecified atom stereocenters. The second-order valence-electron chi connectivity index (χ2n) is 7.44. The van der Waals surface area contributed by atoms with Crippen LogP contribution in [0.1, 0.15) is 6.42 Å². The van der Waals surface area contributed by atoms with E-state index in [0.29, 0.717) is 17.9 Å². The van der Waals surface area contributed by atoms with Crippen LogP contribution >= 0.6 is 0 Å². The van der Waals surface area contributed by atoms with E-state index in [9.17, 15) is 9.59 Å². The quantitative estimate of drug-likeness (QED) is 0.587. The van der Waals surface area contributed by atoms with Gasteiger partial charge in [0.1, 0.15) is 0 Å². The fraction of sp³-hybridized carbons (Fsp3) is 0.364. The third kappa shape index (κ3) is 4.46. The third-order valence-electron chi connectivity index (χ3n) is 5.53. The summed E-state index contributed by atoms with van der Waals surface area (Å²) < 4.78 is 0. The number of azo groups is 1.